The quantitative estimate of drug-likeness (QED) is 0.764. The van der Waals surface area contributed by atoms with Gasteiger partial charge in [0.25, 0.3) is 0 Å². The van der Waals surface area contributed by atoms with Crippen molar-refractivity contribution in [3.8, 4) is 0 Å². The molecule has 0 saturated carbocycles. The number of nitrogens with zero attached hydrogens (tertiary/aromatic N) is 1. The molecule has 1 N–H and O–H groups in total. The van der Waals surface area contributed by atoms with Gasteiger partial charge in [-0.2, -0.15) is 0 Å². The standard InChI is InChI=1S/C12H26N2O/c1-10-6-14(7-11(2)13-10)8-12(3,4)9-15-5/h10-11,13H,6-9H2,1-5H3. The Bertz CT molecular complexity index is 184. The molecule has 1 rings (SSSR count). The molecule has 1 heterocycles. The van der Waals surface area contributed by atoms with Gasteiger partial charge in [0.05, 0.1) is 6.61 Å². The summed E-state index contributed by atoms with van der Waals surface area (Å²) < 4.78 is 5.26. The van der Waals surface area contributed by atoms with Crippen LogP contribution in [0.15, 0.2) is 0 Å². The lowest BCUT2D eigenvalue weighted by molar-refractivity contribution is 0.0538. The zero-order valence-corrected chi connectivity index (χ0v) is 10.8. The van der Waals surface area contributed by atoms with Crippen LogP contribution in [0.5, 0.6) is 0 Å². The first-order valence-electron chi connectivity index (χ1n) is 5.90. The van der Waals surface area contributed by atoms with Gasteiger partial charge in [0.15, 0.2) is 0 Å². The average Bonchev–Trinajstić information content (AvgIpc) is 1.99. The molecular weight excluding hydrogens is 188 g/mol. The highest BCUT2D eigenvalue weighted by Crippen LogP contribution is 2.18. The van der Waals surface area contributed by atoms with Crippen molar-refractivity contribution in [1.29, 1.82) is 0 Å². The van der Waals surface area contributed by atoms with Crippen molar-refractivity contribution < 1.29 is 4.74 Å². The summed E-state index contributed by atoms with van der Waals surface area (Å²) in [6, 6.07) is 1.21. The largest absolute Gasteiger partial charge is 0.384 e. The fourth-order valence-corrected chi connectivity index (χ4v) is 2.61. The number of hydrogen-bond acceptors (Lipinski definition) is 3. The Kier molecular flexibility index (Phi) is 4.56. The molecule has 0 aromatic carbocycles. The smallest absolute Gasteiger partial charge is 0.0525 e. The monoisotopic (exact) mass is 214 g/mol. The van der Waals surface area contributed by atoms with Crippen molar-refractivity contribution in [1.82, 2.24) is 10.2 Å². The van der Waals surface area contributed by atoms with E-state index in [1.165, 1.54) is 0 Å². The Morgan fingerprint density at radius 1 is 1.27 bits per heavy atom. The van der Waals surface area contributed by atoms with Gasteiger partial charge in [-0.1, -0.05) is 13.8 Å². The van der Waals surface area contributed by atoms with Gasteiger partial charge < -0.3 is 10.1 Å². The van der Waals surface area contributed by atoms with Crippen LogP contribution in [-0.4, -0.2) is 50.3 Å². The molecule has 1 aliphatic rings. The van der Waals surface area contributed by atoms with E-state index in [0.717, 1.165) is 26.2 Å². The van der Waals surface area contributed by atoms with Crippen LogP contribution in [0, 0.1) is 5.41 Å². The molecule has 15 heavy (non-hydrogen) atoms. The van der Waals surface area contributed by atoms with Crippen LogP contribution >= 0.6 is 0 Å². The Morgan fingerprint density at radius 3 is 2.27 bits per heavy atom. The summed E-state index contributed by atoms with van der Waals surface area (Å²) in [4.78, 5) is 2.55. The van der Waals surface area contributed by atoms with E-state index in [0.29, 0.717) is 12.1 Å². The number of piperazine rings is 1. The normalized spacial score (nSPS) is 29.4. The molecule has 0 bridgehead atoms. The van der Waals surface area contributed by atoms with Crippen molar-refractivity contribution in [3.05, 3.63) is 0 Å². The Balaban J connectivity index is 2.43. The molecule has 0 radical (unpaired) electrons. The molecule has 0 aliphatic carbocycles. The van der Waals surface area contributed by atoms with Crippen LogP contribution in [0.3, 0.4) is 0 Å². The first kappa shape index (κ1) is 12.9. The predicted molar refractivity (Wildman–Crippen MR) is 64.2 cm³/mol. The Morgan fingerprint density at radius 2 is 1.80 bits per heavy atom. The summed E-state index contributed by atoms with van der Waals surface area (Å²) in [6.07, 6.45) is 0. The predicted octanol–water partition coefficient (Wildman–Crippen LogP) is 1.34. The number of nitrogens with one attached hydrogen (secondary N) is 1. The number of rotatable bonds is 4. The highest BCUT2D eigenvalue weighted by molar-refractivity contribution is 4.84. The lowest BCUT2D eigenvalue weighted by Gasteiger charge is -2.40. The molecule has 0 aromatic heterocycles. The number of hydrogen-bond donors (Lipinski definition) is 1. The third kappa shape index (κ3) is 4.49. The van der Waals surface area contributed by atoms with Crippen LogP contribution < -0.4 is 5.32 Å². The number of ether oxygens (including phenoxy) is 1. The van der Waals surface area contributed by atoms with E-state index in [1.54, 1.807) is 7.11 Å². The van der Waals surface area contributed by atoms with Gasteiger partial charge in [-0.15, -0.1) is 0 Å². The highest BCUT2D eigenvalue weighted by Gasteiger charge is 2.26. The summed E-state index contributed by atoms with van der Waals surface area (Å²) in [5, 5.41) is 3.55. The second-order valence-electron chi connectivity index (χ2n) is 5.76. The summed E-state index contributed by atoms with van der Waals surface area (Å²) in [5.74, 6) is 0. The first-order valence-corrected chi connectivity index (χ1v) is 5.90. The van der Waals surface area contributed by atoms with Gasteiger partial charge in [-0.05, 0) is 13.8 Å². The van der Waals surface area contributed by atoms with E-state index in [-0.39, 0.29) is 5.41 Å². The molecule has 2 unspecified atom stereocenters. The summed E-state index contributed by atoms with van der Waals surface area (Å²) >= 11 is 0. The van der Waals surface area contributed by atoms with E-state index in [2.05, 4.69) is 37.9 Å². The second-order valence-corrected chi connectivity index (χ2v) is 5.76. The summed E-state index contributed by atoms with van der Waals surface area (Å²) in [7, 11) is 1.78. The molecule has 2 atom stereocenters. The molecule has 0 amide bonds. The van der Waals surface area contributed by atoms with E-state index in [9.17, 15) is 0 Å². The highest BCUT2D eigenvalue weighted by atomic mass is 16.5. The maximum absolute atomic E-state index is 5.26. The van der Waals surface area contributed by atoms with E-state index in [4.69, 9.17) is 4.74 Å². The third-order valence-electron chi connectivity index (χ3n) is 2.82. The van der Waals surface area contributed by atoms with E-state index < -0.39 is 0 Å². The van der Waals surface area contributed by atoms with Crippen molar-refractivity contribution in [2.24, 2.45) is 5.41 Å². The van der Waals surface area contributed by atoms with Crippen LogP contribution in [0.1, 0.15) is 27.7 Å². The van der Waals surface area contributed by atoms with Gasteiger partial charge in [-0.3, -0.25) is 4.90 Å². The van der Waals surface area contributed by atoms with Gasteiger partial charge >= 0.3 is 0 Å². The van der Waals surface area contributed by atoms with Crippen LogP contribution in [0.25, 0.3) is 0 Å². The zero-order chi connectivity index (χ0) is 11.5. The molecule has 1 saturated heterocycles. The lowest BCUT2D eigenvalue weighted by atomic mass is 9.93. The van der Waals surface area contributed by atoms with E-state index in [1.807, 2.05) is 0 Å². The molecular formula is C12H26N2O. The SMILES string of the molecule is COCC(C)(C)CN1CC(C)NC(C)C1. The molecule has 0 aromatic rings. The van der Waals surface area contributed by atoms with Crippen molar-refractivity contribution in [2.75, 3.05) is 33.4 Å². The second kappa shape index (κ2) is 5.28. The Labute approximate surface area is 94.2 Å². The fraction of sp³-hybridized carbons (Fsp3) is 1.00. The minimum absolute atomic E-state index is 0.255. The Hall–Kier alpha value is -0.120. The molecule has 1 aliphatic heterocycles. The molecule has 1 fully saturated rings. The first-order chi connectivity index (χ1) is 6.93. The maximum atomic E-state index is 5.26. The molecule has 3 nitrogen and oxygen atoms in total. The summed E-state index contributed by atoms with van der Waals surface area (Å²) in [5.41, 5.74) is 0.255. The van der Waals surface area contributed by atoms with Gasteiger partial charge in [0.2, 0.25) is 0 Å². The zero-order valence-electron chi connectivity index (χ0n) is 10.8. The van der Waals surface area contributed by atoms with Crippen LogP contribution in [0.2, 0.25) is 0 Å². The van der Waals surface area contributed by atoms with Crippen molar-refractivity contribution in [3.63, 3.8) is 0 Å². The van der Waals surface area contributed by atoms with Crippen molar-refractivity contribution >= 4 is 0 Å². The van der Waals surface area contributed by atoms with Crippen LogP contribution in [-0.2, 0) is 4.74 Å². The molecule has 90 valence electrons. The fourth-order valence-electron chi connectivity index (χ4n) is 2.61. The minimum Gasteiger partial charge on any atom is -0.384 e. The van der Waals surface area contributed by atoms with Crippen molar-refractivity contribution in [2.45, 2.75) is 39.8 Å². The molecule has 0 spiro atoms. The third-order valence-corrected chi connectivity index (χ3v) is 2.82. The van der Waals surface area contributed by atoms with Gasteiger partial charge in [0.1, 0.15) is 0 Å². The maximum Gasteiger partial charge on any atom is 0.0525 e. The van der Waals surface area contributed by atoms with Gasteiger partial charge in [0, 0.05) is 44.2 Å². The number of methoxy groups -OCH3 is 1. The lowest BCUT2D eigenvalue weighted by Crippen LogP contribution is -2.56. The topological polar surface area (TPSA) is 24.5 Å². The van der Waals surface area contributed by atoms with Gasteiger partial charge in [-0.25, -0.2) is 0 Å². The summed E-state index contributed by atoms with van der Waals surface area (Å²) in [6.45, 7) is 13.3. The van der Waals surface area contributed by atoms with E-state index >= 15 is 0 Å². The molecule has 3 heteroatoms. The van der Waals surface area contributed by atoms with Crippen LogP contribution in [0.4, 0.5) is 0 Å². The minimum atomic E-state index is 0.255. The average molecular weight is 214 g/mol.